The molecule has 152 valence electrons. The van der Waals surface area contributed by atoms with E-state index in [1.165, 1.54) is 16.2 Å². The topological polar surface area (TPSA) is 46.1 Å². The van der Waals surface area contributed by atoms with E-state index in [1.54, 1.807) is 29.1 Å². The second-order valence-corrected chi connectivity index (χ2v) is 9.26. The number of thiazole rings is 1. The molecular formula is C23H20ClN3OS2. The highest BCUT2D eigenvalue weighted by Gasteiger charge is 2.21. The molecule has 0 radical (unpaired) electrons. The van der Waals surface area contributed by atoms with Gasteiger partial charge < -0.3 is 0 Å². The van der Waals surface area contributed by atoms with Gasteiger partial charge in [0.25, 0.3) is 0 Å². The van der Waals surface area contributed by atoms with Crippen LogP contribution in [0.15, 0.2) is 65.8 Å². The lowest BCUT2D eigenvalue weighted by Crippen LogP contribution is -2.31. The molecule has 30 heavy (non-hydrogen) atoms. The largest absolute Gasteiger partial charge is 0.283 e. The normalized spacial score (nSPS) is 11.0. The van der Waals surface area contributed by atoms with Crippen LogP contribution in [0.3, 0.4) is 0 Å². The molecule has 7 heteroatoms. The Labute approximate surface area is 188 Å². The van der Waals surface area contributed by atoms with Gasteiger partial charge in [0.1, 0.15) is 0 Å². The molecule has 0 aliphatic heterocycles. The summed E-state index contributed by atoms with van der Waals surface area (Å²) in [4.78, 5) is 25.2. The Morgan fingerprint density at radius 2 is 1.97 bits per heavy atom. The summed E-state index contributed by atoms with van der Waals surface area (Å²) in [6.07, 6.45) is 5.86. The van der Waals surface area contributed by atoms with Gasteiger partial charge in [-0.15, -0.1) is 11.8 Å². The van der Waals surface area contributed by atoms with Gasteiger partial charge in [-0.25, -0.2) is 4.98 Å². The van der Waals surface area contributed by atoms with Crippen LogP contribution in [0.2, 0.25) is 5.02 Å². The molecule has 0 spiro atoms. The van der Waals surface area contributed by atoms with Gasteiger partial charge in [0.2, 0.25) is 5.91 Å². The zero-order valence-electron chi connectivity index (χ0n) is 16.6. The molecule has 2 heterocycles. The molecule has 0 N–H and O–H groups in total. The monoisotopic (exact) mass is 453 g/mol. The SMILES string of the molecule is CSc1ccc(CC(=O)N(Cc2cccnc2)c2nc3c(C)cc(Cl)cc3s2)cc1. The molecule has 2 aromatic carbocycles. The molecule has 4 rings (SSSR count). The van der Waals surface area contributed by atoms with Gasteiger partial charge in [-0.05, 0) is 60.2 Å². The van der Waals surface area contributed by atoms with E-state index in [1.807, 2.05) is 61.7 Å². The summed E-state index contributed by atoms with van der Waals surface area (Å²) in [6.45, 7) is 2.40. The molecule has 1 amide bonds. The van der Waals surface area contributed by atoms with Crippen LogP contribution >= 0.6 is 34.7 Å². The molecule has 0 unspecified atom stereocenters. The zero-order chi connectivity index (χ0) is 21.1. The number of thioether (sulfide) groups is 1. The number of hydrogen-bond donors (Lipinski definition) is 0. The molecule has 0 fully saturated rings. The number of benzene rings is 2. The number of pyridine rings is 1. The van der Waals surface area contributed by atoms with Gasteiger partial charge in [0.05, 0.1) is 23.2 Å². The molecular weight excluding hydrogens is 434 g/mol. The first-order valence-electron chi connectivity index (χ1n) is 9.42. The number of carbonyl (C=O) groups is 1. The second-order valence-electron chi connectivity index (χ2n) is 6.93. The van der Waals surface area contributed by atoms with Gasteiger partial charge in [0.15, 0.2) is 5.13 Å². The van der Waals surface area contributed by atoms with E-state index in [4.69, 9.17) is 16.6 Å². The Balaban J connectivity index is 1.68. The van der Waals surface area contributed by atoms with Crippen LogP contribution in [0.4, 0.5) is 5.13 Å². The van der Waals surface area contributed by atoms with Crippen LogP contribution < -0.4 is 4.90 Å². The van der Waals surface area contributed by atoms with E-state index in [0.717, 1.165) is 26.9 Å². The van der Waals surface area contributed by atoms with Crippen molar-refractivity contribution in [2.75, 3.05) is 11.2 Å². The van der Waals surface area contributed by atoms with Crippen LogP contribution in [0, 0.1) is 6.92 Å². The van der Waals surface area contributed by atoms with Crippen LogP contribution in [-0.2, 0) is 17.8 Å². The van der Waals surface area contributed by atoms with Crippen molar-refractivity contribution in [3.63, 3.8) is 0 Å². The van der Waals surface area contributed by atoms with Crippen molar-refractivity contribution < 1.29 is 4.79 Å². The van der Waals surface area contributed by atoms with Crippen molar-refractivity contribution in [2.45, 2.75) is 24.8 Å². The highest BCUT2D eigenvalue weighted by molar-refractivity contribution is 7.98. The summed E-state index contributed by atoms with van der Waals surface area (Å²) >= 11 is 9.39. The van der Waals surface area contributed by atoms with Crippen molar-refractivity contribution in [3.8, 4) is 0 Å². The van der Waals surface area contributed by atoms with Gasteiger partial charge in [0, 0.05) is 22.3 Å². The number of nitrogens with zero attached hydrogens (tertiary/aromatic N) is 3. The molecule has 0 saturated heterocycles. The van der Waals surface area contributed by atoms with Gasteiger partial charge in [-0.3, -0.25) is 14.7 Å². The number of halogens is 1. The summed E-state index contributed by atoms with van der Waals surface area (Å²) < 4.78 is 0.975. The molecule has 0 bridgehead atoms. The minimum atomic E-state index is -0.00133. The number of rotatable bonds is 6. The van der Waals surface area contributed by atoms with E-state index in [0.29, 0.717) is 23.1 Å². The molecule has 0 atom stereocenters. The van der Waals surface area contributed by atoms with Crippen molar-refractivity contribution in [2.24, 2.45) is 0 Å². The van der Waals surface area contributed by atoms with E-state index in [-0.39, 0.29) is 5.91 Å². The fraction of sp³-hybridized carbons (Fsp3) is 0.174. The fourth-order valence-electron chi connectivity index (χ4n) is 3.21. The van der Waals surface area contributed by atoms with E-state index in [2.05, 4.69) is 4.98 Å². The summed E-state index contributed by atoms with van der Waals surface area (Å²) in [6, 6.07) is 15.7. The minimum Gasteiger partial charge on any atom is -0.283 e. The predicted molar refractivity (Wildman–Crippen MR) is 127 cm³/mol. The van der Waals surface area contributed by atoms with E-state index in [9.17, 15) is 4.79 Å². The highest BCUT2D eigenvalue weighted by Crippen LogP contribution is 2.34. The van der Waals surface area contributed by atoms with Crippen molar-refractivity contribution in [3.05, 3.63) is 82.6 Å². The molecule has 2 aromatic heterocycles. The number of hydrogen-bond acceptors (Lipinski definition) is 5. The number of amides is 1. The van der Waals surface area contributed by atoms with Crippen LogP contribution in [0.25, 0.3) is 10.2 Å². The summed E-state index contributed by atoms with van der Waals surface area (Å²) in [5.74, 6) is -0.00133. The van der Waals surface area contributed by atoms with Crippen molar-refractivity contribution in [1.29, 1.82) is 0 Å². The zero-order valence-corrected chi connectivity index (χ0v) is 19.0. The average Bonchev–Trinajstić information content (AvgIpc) is 3.17. The minimum absolute atomic E-state index is 0.00133. The van der Waals surface area contributed by atoms with Crippen LogP contribution in [-0.4, -0.2) is 22.1 Å². The summed E-state index contributed by atoms with van der Waals surface area (Å²) in [7, 11) is 0. The third-order valence-electron chi connectivity index (χ3n) is 4.75. The van der Waals surface area contributed by atoms with Gasteiger partial charge in [-0.2, -0.15) is 0 Å². The maximum atomic E-state index is 13.3. The first-order chi connectivity index (χ1) is 14.5. The highest BCUT2D eigenvalue weighted by atomic mass is 35.5. The van der Waals surface area contributed by atoms with E-state index >= 15 is 0 Å². The Bertz CT molecular complexity index is 1180. The fourth-order valence-corrected chi connectivity index (χ4v) is 5.05. The predicted octanol–water partition coefficient (Wildman–Crippen LogP) is 6.15. The van der Waals surface area contributed by atoms with E-state index < -0.39 is 0 Å². The lowest BCUT2D eigenvalue weighted by Gasteiger charge is -2.20. The lowest BCUT2D eigenvalue weighted by molar-refractivity contribution is -0.118. The van der Waals surface area contributed by atoms with Crippen LogP contribution in [0.1, 0.15) is 16.7 Å². The standard InChI is InChI=1S/C23H20ClN3OS2/c1-15-10-18(24)12-20-22(15)26-23(30-20)27(14-17-4-3-9-25-13-17)21(28)11-16-5-7-19(29-2)8-6-16/h3-10,12-13H,11,14H2,1-2H3. The molecule has 0 saturated carbocycles. The Kier molecular flexibility index (Phi) is 6.37. The summed E-state index contributed by atoms with van der Waals surface area (Å²) in [5.41, 5.74) is 3.82. The average molecular weight is 454 g/mol. The van der Waals surface area contributed by atoms with Gasteiger partial charge in [-0.1, -0.05) is 41.1 Å². The smallest absolute Gasteiger partial charge is 0.233 e. The molecule has 0 aliphatic carbocycles. The number of carbonyl (C=O) groups excluding carboxylic acids is 1. The molecule has 4 aromatic rings. The Morgan fingerprint density at radius 3 is 2.67 bits per heavy atom. The first-order valence-corrected chi connectivity index (χ1v) is 11.8. The Morgan fingerprint density at radius 1 is 1.17 bits per heavy atom. The third-order valence-corrected chi connectivity index (χ3v) is 6.74. The Hall–Kier alpha value is -2.41. The maximum Gasteiger partial charge on any atom is 0.233 e. The quantitative estimate of drug-likeness (QED) is 0.328. The molecule has 4 nitrogen and oxygen atoms in total. The van der Waals surface area contributed by atoms with Crippen molar-refractivity contribution in [1.82, 2.24) is 9.97 Å². The van der Waals surface area contributed by atoms with Crippen LogP contribution in [0.5, 0.6) is 0 Å². The first kappa shape index (κ1) is 20.8. The second kappa shape index (κ2) is 9.16. The number of anilines is 1. The summed E-state index contributed by atoms with van der Waals surface area (Å²) in [5, 5.41) is 1.35. The number of aromatic nitrogens is 2. The van der Waals surface area contributed by atoms with Gasteiger partial charge >= 0.3 is 0 Å². The number of aryl methyl sites for hydroxylation is 1. The van der Waals surface area contributed by atoms with Crippen molar-refractivity contribution >= 4 is 56.0 Å². The molecule has 0 aliphatic rings. The lowest BCUT2D eigenvalue weighted by atomic mass is 10.1. The third kappa shape index (κ3) is 4.67. The maximum absolute atomic E-state index is 13.3. The number of fused-ring (bicyclic) bond motifs is 1.